The Labute approximate surface area is 456 Å². The highest BCUT2D eigenvalue weighted by Gasteiger charge is 2.27. The summed E-state index contributed by atoms with van der Waals surface area (Å²) in [6.07, 6.45) is 12.9. The van der Waals surface area contributed by atoms with Crippen LogP contribution in [-0.4, -0.2) is 97.3 Å². The van der Waals surface area contributed by atoms with E-state index in [1.54, 1.807) is 78.9 Å². The summed E-state index contributed by atoms with van der Waals surface area (Å²) >= 11 is 0. The highest BCUT2D eigenvalue weighted by atomic mass is 32.2. The second-order valence-electron chi connectivity index (χ2n) is 19.5. The van der Waals surface area contributed by atoms with Crippen LogP contribution >= 0.6 is 0 Å². The fraction of sp³-hybridized carbons (Fsp3) is 0.322. The van der Waals surface area contributed by atoms with Gasteiger partial charge in [-0.05, 0) is 117 Å². The summed E-state index contributed by atoms with van der Waals surface area (Å²) in [5.74, 6) is 0.992. The highest BCUT2D eigenvalue weighted by molar-refractivity contribution is 7.92. The van der Waals surface area contributed by atoms with Crippen molar-refractivity contribution in [1.82, 2.24) is 25.7 Å². The van der Waals surface area contributed by atoms with Gasteiger partial charge in [0.15, 0.2) is 10.1 Å². The van der Waals surface area contributed by atoms with Crippen LogP contribution in [0, 0.1) is 6.92 Å². The number of aromatic amines is 2. The summed E-state index contributed by atoms with van der Waals surface area (Å²) in [5.41, 5.74) is 7.52. The molecule has 3 aliphatic rings. The van der Waals surface area contributed by atoms with Crippen molar-refractivity contribution in [3.63, 3.8) is 0 Å². The van der Waals surface area contributed by atoms with Crippen molar-refractivity contribution in [1.29, 1.82) is 0 Å². The first-order valence-corrected chi connectivity index (χ1v) is 30.9. The number of hydrogen-bond acceptors (Lipinski definition) is 14. The van der Waals surface area contributed by atoms with E-state index in [1.807, 2.05) is 61.5 Å². The first kappa shape index (κ1) is 56.0. The van der Waals surface area contributed by atoms with Crippen LogP contribution in [0.2, 0.25) is 0 Å². The zero-order chi connectivity index (χ0) is 54.5. The van der Waals surface area contributed by atoms with E-state index in [0.717, 1.165) is 36.1 Å². The Balaban J connectivity index is 0.000000159. The van der Waals surface area contributed by atoms with E-state index in [0.29, 0.717) is 62.8 Å². The molecule has 78 heavy (non-hydrogen) atoms. The molecule has 3 fully saturated rings. The Morgan fingerprint density at radius 3 is 1.53 bits per heavy atom. The summed E-state index contributed by atoms with van der Waals surface area (Å²) in [5, 5.41) is 21.2. The molecule has 19 heteroatoms. The minimum absolute atomic E-state index is 0.0440. The lowest BCUT2D eigenvalue weighted by atomic mass is 10.1. The fourth-order valence-electron chi connectivity index (χ4n) is 9.71. The largest absolute Gasteiger partial charge is 0.492 e. The topological polar surface area (TPSA) is 235 Å². The molecule has 0 amide bonds. The number of aromatic nitrogens is 4. The van der Waals surface area contributed by atoms with E-state index in [1.165, 1.54) is 76.3 Å². The molecule has 16 nitrogen and oxygen atoms in total. The van der Waals surface area contributed by atoms with Crippen LogP contribution in [0.15, 0.2) is 170 Å². The molecular weight excluding hydrogens is 1050 g/mol. The van der Waals surface area contributed by atoms with Crippen LogP contribution in [0.25, 0.3) is 43.4 Å². The van der Waals surface area contributed by atoms with Crippen LogP contribution in [0.5, 0.6) is 11.5 Å². The van der Waals surface area contributed by atoms with Crippen molar-refractivity contribution in [3.8, 4) is 11.5 Å². The summed E-state index contributed by atoms with van der Waals surface area (Å²) in [6, 6.07) is 42.8. The third-order valence-corrected chi connectivity index (χ3v) is 18.8. The first-order chi connectivity index (χ1) is 37.8. The van der Waals surface area contributed by atoms with Gasteiger partial charge in [0, 0.05) is 53.4 Å². The molecule has 2 aliphatic carbocycles. The Hall–Kier alpha value is -6.71. The number of nitrogens with one attached hydrogen (secondary N) is 3. The molecule has 5 N–H and O–H groups in total. The first-order valence-electron chi connectivity index (χ1n) is 26.5. The maximum absolute atomic E-state index is 13.6. The molecule has 9 aromatic rings. The van der Waals surface area contributed by atoms with Crippen molar-refractivity contribution < 1.29 is 43.6 Å². The van der Waals surface area contributed by atoms with Crippen LogP contribution in [-0.2, 0) is 38.7 Å². The molecule has 7 aromatic carbocycles. The Bertz CT molecular complexity index is 3780. The smallest absolute Gasteiger partial charge is 0.297 e. The summed E-state index contributed by atoms with van der Waals surface area (Å²) in [7, 11) is -11.6. The Morgan fingerprint density at radius 1 is 0.551 bits per heavy atom. The number of ether oxygens (including phenoxy) is 3. The third kappa shape index (κ3) is 13.8. The van der Waals surface area contributed by atoms with Gasteiger partial charge in [0.1, 0.15) is 31.3 Å². The monoisotopic (exact) mass is 1110 g/mol. The molecule has 12 rings (SSSR count). The highest BCUT2D eigenvalue weighted by Crippen LogP contribution is 2.34. The number of rotatable bonds is 15. The van der Waals surface area contributed by atoms with Gasteiger partial charge < -0.3 is 25.3 Å². The van der Waals surface area contributed by atoms with Crippen LogP contribution in [0.3, 0.4) is 0 Å². The minimum Gasteiger partial charge on any atom is -0.492 e. The van der Waals surface area contributed by atoms with Crippen molar-refractivity contribution in [2.75, 3.05) is 39.6 Å². The molecule has 0 unspecified atom stereocenters. The van der Waals surface area contributed by atoms with E-state index in [4.69, 9.17) is 24.1 Å². The van der Waals surface area contributed by atoms with Gasteiger partial charge in [-0.1, -0.05) is 116 Å². The van der Waals surface area contributed by atoms with Gasteiger partial charge >= 0.3 is 0 Å². The molecule has 0 spiro atoms. The Morgan fingerprint density at radius 2 is 1.04 bits per heavy atom. The molecule has 3 heterocycles. The number of hydrogen-bond donors (Lipinski definition) is 4. The quantitative estimate of drug-likeness (QED) is 0.0552. The predicted octanol–water partition coefficient (Wildman–Crippen LogP) is 10.8. The zero-order valence-electron chi connectivity index (χ0n) is 43.6. The van der Waals surface area contributed by atoms with Gasteiger partial charge in [-0.3, -0.25) is 14.4 Å². The third-order valence-electron chi connectivity index (χ3n) is 13.9. The molecule has 410 valence electrons. The maximum Gasteiger partial charge on any atom is 0.297 e. The van der Waals surface area contributed by atoms with Gasteiger partial charge in [0.2, 0.25) is 19.7 Å². The number of nitrogens with two attached hydrogens (primary N) is 1. The summed E-state index contributed by atoms with van der Waals surface area (Å²) in [6.45, 7) is 4.90. The lowest BCUT2D eigenvalue weighted by Crippen LogP contribution is -2.30. The molecule has 2 saturated carbocycles. The lowest BCUT2D eigenvalue weighted by molar-refractivity contribution is 0.198. The van der Waals surface area contributed by atoms with E-state index in [2.05, 4.69) is 25.7 Å². The average Bonchev–Trinajstić information content (AvgIpc) is 4.51. The Kier molecular flexibility index (Phi) is 18.6. The number of aryl methyl sites for hydroxylation is 1. The van der Waals surface area contributed by atoms with E-state index in [9.17, 15) is 25.3 Å². The normalized spacial score (nSPS) is 15.2. The SMILES string of the molecule is C1CCOC1.Cc1ccc(S(=O)(=O)OCCOc2ccc3n[nH]c(S(=O)(=O)c4cccc5ccccc45)c3c2)cc1.NC1CCCC1.O=S(=O)(c1cccc2ccccc12)c1[nH]nc2ccc(OCCNC3CCCC3)cc12. The average molecular weight is 1120 g/mol. The van der Waals surface area contributed by atoms with E-state index >= 15 is 0 Å². The molecule has 0 bridgehead atoms. The summed E-state index contributed by atoms with van der Waals surface area (Å²) in [4.78, 5) is 0.506. The van der Waals surface area contributed by atoms with E-state index in [-0.39, 0.29) is 38.0 Å². The molecule has 0 atom stereocenters. The molecule has 2 aromatic heterocycles. The van der Waals surface area contributed by atoms with Gasteiger partial charge in [-0.2, -0.15) is 18.6 Å². The van der Waals surface area contributed by atoms with Crippen molar-refractivity contribution >= 4 is 73.1 Å². The van der Waals surface area contributed by atoms with Crippen molar-refractivity contribution in [3.05, 3.63) is 151 Å². The van der Waals surface area contributed by atoms with Crippen molar-refractivity contribution in [2.24, 2.45) is 5.73 Å². The summed E-state index contributed by atoms with van der Waals surface area (Å²) < 4.78 is 100. The van der Waals surface area contributed by atoms with E-state index < -0.39 is 29.8 Å². The van der Waals surface area contributed by atoms with Gasteiger partial charge in [-0.25, -0.2) is 16.8 Å². The molecular formula is C59H66N6O10S3. The maximum atomic E-state index is 13.6. The minimum atomic E-state index is -3.92. The molecule has 0 radical (unpaired) electrons. The zero-order valence-corrected chi connectivity index (χ0v) is 46.1. The fourth-order valence-corrected chi connectivity index (χ4v) is 13.7. The van der Waals surface area contributed by atoms with Crippen molar-refractivity contribution in [2.45, 2.75) is 108 Å². The van der Waals surface area contributed by atoms with Crippen LogP contribution < -0.4 is 20.5 Å². The van der Waals surface area contributed by atoms with Crippen LogP contribution in [0.4, 0.5) is 0 Å². The number of fused-ring (bicyclic) bond motifs is 4. The van der Waals surface area contributed by atoms with Gasteiger partial charge in [-0.15, -0.1) is 0 Å². The number of benzene rings is 7. The molecule has 1 saturated heterocycles. The standard InChI is InChI=1S/C26H22N2O6S2.C24H25N3O3S.C5H11N.C4H8O/c1-18-9-12-21(13-10-18)36(31,32)34-16-15-33-20-11-14-24-23(17-20)26(28-27-24)35(29,30)25-8-4-6-19-5-2-3-7-22(19)25;28-31(29,23-11-5-7-17-6-1-4-10-20(17)23)24-21-16-19(12-13-22(21)26-27-24)30-15-14-25-18-8-2-3-9-18;6-5-3-1-2-4-5;1-2-4-5-3-1/h2-14,17H,15-16H2,1H3,(H,27,28);1,4-7,10-13,16,18,25H,2-3,8-9,14-15H2,(H,26,27);5H,1-4,6H2;1-4H2. The second-order valence-corrected chi connectivity index (χ2v) is 24.8. The van der Waals surface area contributed by atoms with Crippen LogP contribution in [0.1, 0.15) is 69.8 Å². The second kappa shape index (κ2) is 25.8. The number of H-pyrrole nitrogens is 2. The lowest BCUT2D eigenvalue weighted by Gasteiger charge is -2.12. The number of nitrogens with zero attached hydrogens (tertiary/aromatic N) is 2. The molecule has 1 aliphatic heterocycles. The van der Waals surface area contributed by atoms with Gasteiger partial charge in [0.05, 0.1) is 25.7 Å². The number of sulfone groups is 2. The van der Waals surface area contributed by atoms with Gasteiger partial charge in [0.25, 0.3) is 10.1 Å². The predicted molar refractivity (Wildman–Crippen MR) is 303 cm³/mol.